The third kappa shape index (κ3) is 15.9. The van der Waals surface area contributed by atoms with Crippen LogP contribution in [0.1, 0.15) is 124 Å². The second kappa shape index (κ2) is 25.8. The number of thiazole rings is 1. The van der Waals surface area contributed by atoms with Crippen molar-refractivity contribution >= 4 is 52.4 Å². The zero-order chi connectivity index (χ0) is 50.0. The summed E-state index contributed by atoms with van der Waals surface area (Å²) in [5.41, 5.74) is 12.9. The van der Waals surface area contributed by atoms with E-state index in [2.05, 4.69) is 36.6 Å². The standard InChI is InChI=1S/C52H68N10O7S/c1-35-46(70-34-56-35)38-23-19-36(20-24-38)29-54-49(66)44-28-41(63)32-62(44)50(67)47(52(2,3)4)58-45(64)18-12-10-8-6-5-7-9-11-15-27-61-31-40(59-60-61)33-69-51(68)55-30-37-21-25-39(26-22-37)48(65)57-43-17-14-13-16-42(43)53/h13-14,16-17,19-26,31,34,41,44,47,63H,5-12,15,18,27-30,32-33,53H2,1-4H3,(H,54,66)(H,55,68)(H,57,65)(H,58,64). The fraction of sp³-hybridized carbons (Fsp3) is 0.462. The normalized spacial score (nSPS) is 15.0. The Labute approximate surface area is 414 Å². The Morgan fingerprint density at radius 1 is 0.857 bits per heavy atom. The fourth-order valence-electron chi connectivity index (χ4n) is 8.27. The van der Waals surface area contributed by atoms with Crippen LogP contribution in [0, 0.1) is 12.3 Å². The molecular formula is C52H68N10O7S. The molecule has 3 aromatic carbocycles. The number of aliphatic hydroxyl groups excluding tert-OH is 1. The minimum atomic E-state index is -0.851. The van der Waals surface area contributed by atoms with Crippen LogP contribution in [0.25, 0.3) is 10.4 Å². The van der Waals surface area contributed by atoms with Crippen LogP contribution in [0.4, 0.5) is 16.2 Å². The van der Waals surface area contributed by atoms with E-state index in [4.69, 9.17) is 10.5 Å². The molecule has 0 saturated carbocycles. The third-order valence-corrected chi connectivity index (χ3v) is 13.3. The number of aromatic nitrogens is 4. The molecule has 7 N–H and O–H groups in total. The van der Waals surface area contributed by atoms with Gasteiger partial charge in [-0.3, -0.25) is 23.9 Å². The quantitative estimate of drug-likeness (QED) is 0.0259. The summed E-state index contributed by atoms with van der Waals surface area (Å²) >= 11 is 1.58. The number of alkyl carbamates (subject to hydrolysis) is 1. The number of aliphatic hydroxyl groups is 1. The summed E-state index contributed by atoms with van der Waals surface area (Å²) in [6.07, 6.45) is 9.89. The van der Waals surface area contributed by atoms with Gasteiger partial charge in [0.2, 0.25) is 17.7 Å². The lowest BCUT2D eigenvalue weighted by molar-refractivity contribution is -0.144. The van der Waals surface area contributed by atoms with E-state index < -0.39 is 29.7 Å². The fourth-order valence-corrected chi connectivity index (χ4v) is 9.08. The smallest absolute Gasteiger partial charge is 0.407 e. The molecule has 374 valence electrons. The van der Waals surface area contributed by atoms with Crippen molar-refractivity contribution in [2.45, 2.75) is 143 Å². The third-order valence-electron chi connectivity index (χ3n) is 12.3. The van der Waals surface area contributed by atoms with Crippen LogP contribution >= 0.6 is 11.3 Å². The number of nitrogens with two attached hydrogens (primary N) is 1. The van der Waals surface area contributed by atoms with Gasteiger partial charge in [0, 0.05) is 44.6 Å². The van der Waals surface area contributed by atoms with Crippen LogP contribution in [-0.2, 0) is 45.4 Å². The Morgan fingerprint density at radius 2 is 1.50 bits per heavy atom. The summed E-state index contributed by atoms with van der Waals surface area (Å²) in [5.74, 6) is -1.18. The van der Waals surface area contributed by atoms with E-state index in [0.717, 1.165) is 85.2 Å². The van der Waals surface area contributed by atoms with Crippen molar-refractivity contribution in [3.05, 3.63) is 113 Å². The topological polar surface area (TPSA) is 236 Å². The Bertz CT molecular complexity index is 2500. The first-order valence-corrected chi connectivity index (χ1v) is 25.1. The number of para-hydroxylation sites is 2. The number of aryl methyl sites for hydroxylation is 2. The lowest BCUT2D eigenvalue weighted by Crippen LogP contribution is -2.57. The highest BCUT2D eigenvalue weighted by Crippen LogP contribution is 2.29. The molecule has 5 aromatic rings. The molecule has 1 saturated heterocycles. The molecule has 5 amide bonds. The monoisotopic (exact) mass is 976 g/mol. The molecule has 1 aliphatic heterocycles. The highest BCUT2D eigenvalue weighted by molar-refractivity contribution is 7.13. The van der Waals surface area contributed by atoms with E-state index >= 15 is 0 Å². The molecule has 2 aromatic heterocycles. The molecule has 1 aliphatic rings. The summed E-state index contributed by atoms with van der Waals surface area (Å²) < 4.78 is 7.08. The molecular weight excluding hydrogens is 909 g/mol. The van der Waals surface area contributed by atoms with Crippen LogP contribution in [0.15, 0.2) is 84.5 Å². The zero-order valence-corrected chi connectivity index (χ0v) is 41.6. The van der Waals surface area contributed by atoms with Crippen molar-refractivity contribution in [1.29, 1.82) is 0 Å². The number of amides is 5. The van der Waals surface area contributed by atoms with Gasteiger partial charge in [0.1, 0.15) is 24.4 Å². The molecule has 0 spiro atoms. The van der Waals surface area contributed by atoms with Gasteiger partial charge in [-0.2, -0.15) is 0 Å². The maximum absolute atomic E-state index is 14.0. The molecule has 3 atom stereocenters. The Balaban J connectivity index is 0.790. The summed E-state index contributed by atoms with van der Waals surface area (Å²) in [4.78, 5) is 72.3. The maximum atomic E-state index is 14.0. The summed E-state index contributed by atoms with van der Waals surface area (Å²) in [7, 11) is 0. The molecule has 0 bridgehead atoms. The van der Waals surface area contributed by atoms with Gasteiger partial charge in [-0.1, -0.05) is 119 Å². The number of β-amino-alcohol motifs (C(OH)–C–C–N with tert-alkyl or cyclic N) is 1. The van der Waals surface area contributed by atoms with Crippen molar-refractivity contribution in [3.63, 3.8) is 0 Å². The summed E-state index contributed by atoms with van der Waals surface area (Å²) in [6.45, 7) is 8.90. The Kier molecular flexibility index (Phi) is 19.4. The predicted octanol–water partition coefficient (Wildman–Crippen LogP) is 7.68. The van der Waals surface area contributed by atoms with Gasteiger partial charge in [0.15, 0.2) is 0 Å². The van der Waals surface area contributed by atoms with Gasteiger partial charge in [-0.15, -0.1) is 16.4 Å². The lowest BCUT2D eigenvalue weighted by Gasteiger charge is -2.35. The van der Waals surface area contributed by atoms with Crippen LogP contribution in [0.3, 0.4) is 0 Å². The number of ether oxygens (including phenoxy) is 1. The first kappa shape index (κ1) is 52.7. The van der Waals surface area contributed by atoms with Gasteiger partial charge in [-0.25, -0.2) is 9.78 Å². The van der Waals surface area contributed by atoms with Gasteiger partial charge < -0.3 is 41.7 Å². The number of anilines is 2. The SMILES string of the molecule is Cc1ncsc1-c1ccc(CNC(=O)C2CC(O)CN2C(=O)C(NC(=O)CCCCCCCCCCCn2cc(COC(=O)NCc3ccc(C(=O)Nc4ccccc4N)cc3)nn2)C(C)(C)C)cc1. The number of hydrogen-bond acceptors (Lipinski definition) is 12. The number of nitrogen functional groups attached to an aromatic ring is 1. The second-order valence-corrected chi connectivity index (χ2v) is 19.9. The van der Waals surface area contributed by atoms with Gasteiger partial charge in [0.25, 0.3) is 5.91 Å². The molecule has 3 heterocycles. The molecule has 3 unspecified atom stereocenters. The van der Waals surface area contributed by atoms with Gasteiger partial charge in [-0.05, 0) is 66.1 Å². The molecule has 1 fully saturated rings. The maximum Gasteiger partial charge on any atom is 0.407 e. The van der Waals surface area contributed by atoms with Gasteiger partial charge in [0.05, 0.1) is 39.8 Å². The van der Waals surface area contributed by atoms with E-state index in [1.54, 1.807) is 70.7 Å². The van der Waals surface area contributed by atoms with Crippen molar-refractivity contribution in [1.82, 2.24) is 40.8 Å². The number of carbonyl (C=O) groups is 5. The van der Waals surface area contributed by atoms with E-state index in [0.29, 0.717) is 35.5 Å². The molecule has 17 nitrogen and oxygen atoms in total. The van der Waals surface area contributed by atoms with E-state index in [1.807, 2.05) is 57.5 Å². The number of likely N-dealkylation sites (tertiary alicyclic amines) is 1. The minimum absolute atomic E-state index is 0.00519. The average Bonchev–Trinajstić information content (AvgIpc) is 4.10. The number of unbranched alkanes of at least 4 members (excludes halogenated alkanes) is 8. The minimum Gasteiger partial charge on any atom is -0.443 e. The second-order valence-electron chi connectivity index (χ2n) is 19.0. The zero-order valence-electron chi connectivity index (χ0n) is 40.7. The number of rotatable bonds is 24. The molecule has 0 radical (unpaired) electrons. The van der Waals surface area contributed by atoms with Crippen molar-refractivity contribution in [2.75, 3.05) is 17.6 Å². The molecule has 70 heavy (non-hydrogen) atoms. The number of benzene rings is 3. The van der Waals surface area contributed by atoms with Crippen molar-refractivity contribution in [2.24, 2.45) is 5.41 Å². The van der Waals surface area contributed by atoms with Crippen molar-refractivity contribution in [3.8, 4) is 10.4 Å². The highest BCUT2D eigenvalue weighted by Gasteiger charge is 2.44. The van der Waals surface area contributed by atoms with Gasteiger partial charge >= 0.3 is 6.09 Å². The van der Waals surface area contributed by atoms with E-state index in [-0.39, 0.29) is 56.3 Å². The van der Waals surface area contributed by atoms with Crippen LogP contribution < -0.4 is 27.0 Å². The number of hydrogen-bond donors (Lipinski definition) is 6. The first-order chi connectivity index (χ1) is 33.6. The largest absolute Gasteiger partial charge is 0.443 e. The van der Waals surface area contributed by atoms with E-state index in [9.17, 15) is 29.1 Å². The summed E-state index contributed by atoms with van der Waals surface area (Å²) in [6, 6.07) is 20.2. The molecule has 6 rings (SSSR count). The highest BCUT2D eigenvalue weighted by atomic mass is 32.1. The van der Waals surface area contributed by atoms with E-state index in [1.165, 1.54) is 4.90 Å². The number of nitrogens with one attached hydrogen (secondary N) is 4. The van der Waals surface area contributed by atoms with Crippen molar-refractivity contribution < 1.29 is 33.8 Å². The molecule has 18 heteroatoms. The molecule has 0 aliphatic carbocycles. The Morgan fingerprint density at radius 3 is 2.16 bits per heavy atom. The number of carbonyl (C=O) groups excluding carboxylic acids is 5. The summed E-state index contributed by atoms with van der Waals surface area (Å²) in [5, 5.41) is 30.3. The lowest BCUT2D eigenvalue weighted by atomic mass is 9.85. The van der Waals surface area contributed by atoms with Crippen LogP contribution in [-0.4, -0.2) is 84.4 Å². The predicted molar refractivity (Wildman–Crippen MR) is 270 cm³/mol. The van der Waals surface area contributed by atoms with Crippen LogP contribution in [0.5, 0.6) is 0 Å². The van der Waals surface area contributed by atoms with Crippen LogP contribution in [0.2, 0.25) is 0 Å². The number of nitrogens with zero attached hydrogens (tertiary/aromatic N) is 5. The first-order valence-electron chi connectivity index (χ1n) is 24.2. The Hall–Kier alpha value is -6.66. The average molecular weight is 977 g/mol.